The predicted molar refractivity (Wildman–Crippen MR) is 60.3 cm³/mol. The van der Waals surface area contributed by atoms with Crippen molar-refractivity contribution in [1.29, 1.82) is 0 Å². The Kier molecular flexibility index (Phi) is 2.77. The third-order valence-electron chi connectivity index (χ3n) is 3.14. The van der Waals surface area contributed by atoms with Crippen LogP contribution in [-0.2, 0) is 10.3 Å². The van der Waals surface area contributed by atoms with Crippen LogP contribution in [0, 0.1) is 5.82 Å². The Morgan fingerprint density at radius 2 is 2.12 bits per heavy atom. The molecule has 16 heavy (non-hydrogen) atoms. The first-order valence-electron chi connectivity index (χ1n) is 5.37. The highest BCUT2D eigenvalue weighted by Gasteiger charge is 2.41. The summed E-state index contributed by atoms with van der Waals surface area (Å²) in [6.45, 7) is 3.41. The predicted octanol–water partition coefficient (Wildman–Crippen LogP) is 2.51. The summed E-state index contributed by atoms with van der Waals surface area (Å²) in [5.41, 5.74) is 0.0628. The molecular weight excluding hydrogens is 205 g/mol. The minimum atomic E-state index is -0.517. The van der Waals surface area contributed by atoms with Gasteiger partial charge in [0, 0.05) is 5.56 Å². The summed E-state index contributed by atoms with van der Waals surface area (Å²) < 4.78 is 13.7. The highest BCUT2D eigenvalue weighted by Crippen LogP contribution is 2.42. The van der Waals surface area contributed by atoms with Crippen LogP contribution in [0.15, 0.2) is 36.9 Å². The lowest BCUT2D eigenvalue weighted by atomic mass is 9.71. The van der Waals surface area contributed by atoms with Gasteiger partial charge in [0.15, 0.2) is 0 Å². The van der Waals surface area contributed by atoms with Gasteiger partial charge in [0.05, 0.1) is 5.54 Å². The second kappa shape index (κ2) is 4.08. The number of amides is 1. The normalized spacial score (nSPS) is 17.3. The third-order valence-corrected chi connectivity index (χ3v) is 3.14. The molecule has 0 saturated heterocycles. The van der Waals surface area contributed by atoms with E-state index in [0.717, 1.165) is 19.3 Å². The summed E-state index contributed by atoms with van der Waals surface area (Å²) in [5.74, 6) is -0.505. The molecule has 1 aromatic carbocycles. The highest BCUT2D eigenvalue weighted by molar-refractivity contribution is 5.87. The van der Waals surface area contributed by atoms with Crippen molar-refractivity contribution in [1.82, 2.24) is 5.32 Å². The van der Waals surface area contributed by atoms with Crippen LogP contribution in [-0.4, -0.2) is 5.91 Å². The van der Waals surface area contributed by atoms with Gasteiger partial charge in [0.2, 0.25) is 5.91 Å². The number of halogens is 1. The maximum atomic E-state index is 13.7. The van der Waals surface area contributed by atoms with E-state index in [1.807, 2.05) is 0 Å². The number of nitrogens with one attached hydrogen (secondary N) is 1. The fourth-order valence-corrected chi connectivity index (χ4v) is 2.13. The van der Waals surface area contributed by atoms with Crippen molar-refractivity contribution in [3.63, 3.8) is 0 Å². The monoisotopic (exact) mass is 219 g/mol. The highest BCUT2D eigenvalue weighted by atomic mass is 19.1. The van der Waals surface area contributed by atoms with Gasteiger partial charge in [-0.1, -0.05) is 24.8 Å². The summed E-state index contributed by atoms with van der Waals surface area (Å²) in [4.78, 5) is 11.4. The van der Waals surface area contributed by atoms with Gasteiger partial charge in [-0.15, -0.1) is 0 Å². The molecule has 0 radical (unpaired) electrons. The van der Waals surface area contributed by atoms with Crippen molar-refractivity contribution >= 4 is 5.91 Å². The average Bonchev–Trinajstić information content (AvgIpc) is 2.24. The van der Waals surface area contributed by atoms with Gasteiger partial charge in [0.25, 0.3) is 0 Å². The van der Waals surface area contributed by atoms with Gasteiger partial charge >= 0.3 is 0 Å². The van der Waals surface area contributed by atoms with Crippen LogP contribution >= 0.6 is 0 Å². The summed E-state index contributed by atoms with van der Waals surface area (Å²) >= 11 is 0. The molecule has 0 aliphatic heterocycles. The van der Waals surface area contributed by atoms with Crippen LogP contribution in [0.3, 0.4) is 0 Å². The van der Waals surface area contributed by atoms with Crippen molar-refractivity contribution in [2.45, 2.75) is 24.8 Å². The van der Waals surface area contributed by atoms with E-state index in [0.29, 0.717) is 5.56 Å². The molecule has 1 N–H and O–H groups in total. The van der Waals surface area contributed by atoms with Crippen molar-refractivity contribution in [2.75, 3.05) is 0 Å². The van der Waals surface area contributed by atoms with E-state index in [2.05, 4.69) is 11.9 Å². The molecule has 3 heteroatoms. The first-order valence-corrected chi connectivity index (χ1v) is 5.37. The van der Waals surface area contributed by atoms with Crippen molar-refractivity contribution in [3.8, 4) is 0 Å². The van der Waals surface area contributed by atoms with Gasteiger partial charge < -0.3 is 5.32 Å². The number of rotatable bonds is 3. The van der Waals surface area contributed by atoms with Gasteiger partial charge in [-0.25, -0.2) is 4.39 Å². The van der Waals surface area contributed by atoms with Crippen molar-refractivity contribution < 1.29 is 9.18 Å². The zero-order chi connectivity index (χ0) is 11.6. The molecule has 0 spiro atoms. The second-order valence-corrected chi connectivity index (χ2v) is 4.11. The number of hydrogen-bond acceptors (Lipinski definition) is 1. The number of hydrogen-bond donors (Lipinski definition) is 1. The second-order valence-electron chi connectivity index (χ2n) is 4.11. The average molecular weight is 219 g/mol. The minimum absolute atomic E-state index is 0.247. The van der Waals surface area contributed by atoms with Gasteiger partial charge in [-0.3, -0.25) is 4.79 Å². The van der Waals surface area contributed by atoms with E-state index in [4.69, 9.17) is 0 Å². The molecule has 0 aromatic heterocycles. The Bertz CT molecular complexity index is 424. The lowest BCUT2D eigenvalue weighted by Crippen LogP contribution is -2.50. The lowest BCUT2D eigenvalue weighted by Gasteiger charge is -2.42. The minimum Gasteiger partial charge on any atom is -0.343 e. The molecule has 1 saturated carbocycles. The summed E-state index contributed by atoms with van der Waals surface area (Å²) in [6.07, 6.45) is 3.80. The molecule has 1 fully saturated rings. The Hall–Kier alpha value is -1.64. The SMILES string of the molecule is C=CC(=O)NC1(c2ccccc2F)CCC1. The first-order chi connectivity index (χ1) is 7.68. The third kappa shape index (κ3) is 1.73. The molecule has 0 unspecified atom stereocenters. The maximum absolute atomic E-state index is 13.7. The van der Waals surface area contributed by atoms with Gasteiger partial charge in [-0.05, 0) is 31.4 Å². The molecule has 0 bridgehead atoms. The molecule has 1 aliphatic carbocycles. The van der Waals surface area contributed by atoms with Crippen molar-refractivity contribution in [2.24, 2.45) is 0 Å². The molecule has 84 valence electrons. The molecule has 1 aliphatic rings. The zero-order valence-electron chi connectivity index (χ0n) is 9.00. The molecule has 2 rings (SSSR count). The Balaban J connectivity index is 2.31. The fraction of sp³-hybridized carbons (Fsp3) is 0.308. The van der Waals surface area contributed by atoms with Crippen LogP contribution in [0.4, 0.5) is 4.39 Å². The Morgan fingerprint density at radius 1 is 1.44 bits per heavy atom. The Morgan fingerprint density at radius 3 is 2.62 bits per heavy atom. The van der Waals surface area contributed by atoms with Crippen LogP contribution in [0.5, 0.6) is 0 Å². The lowest BCUT2D eigenvalue weighted by molar-refractivity contribution is -0.119. The largest absolute Gasteiger partial charge is 0.343 e. The van der Waals surface area contributed by atoms with Gasteiger partial charge in [-0.2, -0.15) is 0 Å². The van der Waals surface area contributed by atoms with E-state index in [1.54, 1.807) is 18.2 Å². The molecule has 1 aromatic rings. The summed E-state index contributed by atoms with van der Waals surface area (Å²) in [7, 11) is 0. The van der Waals surface area contributed by atoms with Crippen LogP contribution in [0.2, 0.25) is 0 Å². The van der Waals surface area contributed by atoms with E-state index < -0.39 is 5.54 Å². The van der Waals surface area contributed by atoms with Crippen LogP contribution in [0.25, 0.3) is 0 Å². The molecular formula is C13H14FNO. The number of carbonyl (C=O) groups excluding carboxylic acids is 1. The van der Waals surface area contributed by atoms with E-state index in [9.17, 15) is 9.18 Å². The molecule has 0 atom stereocenters. The van der Waals surface area contributed by atoms with E-state index in [1.165, 1.54) is 12.1 Å². The topological polar surface area (TPSA) is 29.1 Å². The number of carbonyl (C=O) groups is 1. The maximum Gasteiger partial charge on any atom is 0.244 e. The zero-order valence-corrected chi connectivity index (χ0v) is 9.00. The first kappa shape index (κ1) is 10.9. The smallest absolute Gasteiger partial charge is 0.244 e. The van der Waals surface area contributed by atoms with Crippen molar-refractivity contribution in [3.05, 3.63) is 48.3 Å². The summed E-state index contributed by atoms with van der Waals surface area (Å²) in [6, 6.07) is 6.60. The summed E-state index contributed by atoms with van der Waals surface area (Å²) in [5, 5.41) is 2.84. The quantitative estimate of drug-likeness (QED) is 0.777. The van der Waals surface area contributed by atoms with Crippen LogP contribution in [0.1, 0.15) is 24.8 Å². The molecule has 1 amide bonds. The standard InChI is InChI=1S/C13H14FNO/c1-2-12(16)15-13(8-5-9-13)10-6-3-4-7-11(10)14/h2-4,6-7H,1,5,8-9H2,(H,15,16). The number of benzene rings is 1. The van der Waals surface area contributed by atoms with Gasteiger partial charge in [0.1, 0.15) is 5.82 Å². The molecule has 0 heterocycles. The van der Waals surface area contributed by atoms with Crippen LogP contribution < -0.4 is 5.32 Å². The van der Waals surface area contributed by atoms with E-state index >= 15 is 0 Å². The van der Waals surface area contributed by atoms with E-state index in [-0.39, 0.29) is 11.7 Å². The Labute approximate surface area is 94.2 Å². The fourth-order valence-electron chi connectivity index (χ4n) is 2.13. The molecule has 2 nitrogen and oxygen atoms in total.